The highest BCUT2D eigenvalue weighted by molar-refractivity contribution is 5.86. The van der Waals surface area contributed by atoms with E-state index >= 15 is 0 Å². The SMILES string of the molecule is COC(=O)C1(C)CNC(C)=C(c2ccccc2)C1c1ccc(F)cc1. The molecule has 25 heavy (non-hydrogen) atoms. The minimum Gasteiger partial charge on any atom is -0.469 e. The average molecular weight is 339 g/mol. The van der Waals surface area contributed by atoms with Gasteiger partial charge in [-0.1, -0.05) is 42.5 Å². The van der Waals surface area contributed by atoms with Crippen LogP contribution in [0.5, 0.6) is 0 Å². The van der Waals surface area contributed by atoms with E-state index in [9.17, 15) is 9.18 Å². The lowest BCUT2D eigenvalue weighted by atomic mass is 9.65. The van der Waals surface area contributed by atoms with Crippen LogP contribution < -0.4 is 5.32 Å². The van der Waals surface area contributed by atoms with Crippen LogP contribution in [0.15, 0.2) is 60.3 Å². The number of halogens is 1. The number of allylic oxidation sites excluding steroid dienone is 2. The van der Waals surface area contributed by atoms with Crippen LogP contribution in [0.4, 0.5) is 4.39 Å². The smallest absolute Gasteiger partial charge is 0.314 e. The van der Waals surface area contributed by atoms with Gasteiger partial charge in [-0.25, -0.2) is 4.39 Å². The third-order valence-corrected chi connectivity index (χ3v) is 4.99. The fraction of sp³-hybridized carbons (Fsp3) is 0.286. The van der Waals surface area contributed by atoms with Crippen molar-refractivity contribution in [3.63, 3.8) is 0 Å². The number of carbonyl (C=O) groups is 1. The van der Waals surface area contributed by atoms with Crippen molar-refractivity contribution in [3.8, 4) is 0 Å². The Kier molecular flexibility index (Phi) is 4.62. The number of carbonyl (C=O) groups excluding carboxylic acids is 1. The Morgan fingerprint density at radius 1 is 1.16 bits per heavy atom. The van der Waals surface area contributed by atoms with Crippen LogP contribution in [0, 0.1) is 11.2 Å². The van der Waals surface area contributed by atoms with Crippen LogP contribution in [-0.4, -0.2) is 19.6 Å². The maximum absolute atomic E-state index is 13.5. The van der Waals surface area contributed by atoms with E-state index < -0.39 is 5.41 Å². The van der Waals surface area contributed by atoms with Crippen LogP contribution >= 0.6 is 0 Å². The number of hydrogen-bond acceptors (Lipinski definition) is 3. The zero-order valence-corrected chi connectivity index (χ0v) is 14.7. The van der Waals surface area contributed by atoms with Gasteiger partial charge in [-0.05, 0) is 42.7 Å². The molecule has 0 fully saturated rings. The second kappa shape index (κ2) is 6.71. The maximum atomic E-state index is 13.5. The number of ether oxygens (including phenoxy) is 1. The standard InChI is InChI=1S/C21H22FNO2/c1-14-18(15-7-5-4-6-8-15)19(16-9-11-17(22)12-10-16)21(2,13-23-14)20(24)25-3/h4-12,19,23H,13H2,1-3H3. The van der Waals surface area contributed by atoms with Crippen LogP contribution in [0.3, 0.4) is 0 Å². The molecule has 2 aromatic carbocycles. The molecule has 3 rings (SSSR count). The van der Waals surface area contributed by atoms with E-state index in [1.165, 1.54) is 19.2 Å². The van der Waals surface area contributed by atoms with Gasteiger partial charge in [-0.3, -0.25) is 4.79 Å². The molecule has 0 saturated heterocycles. The summed E-state index contributed by atoms with van der Waals surface area (Å²) in [5, 5.41) is 3.35. The quantitative estimate of drug-likeness (QED) is 0.855. The number of esters is 1. The number of benzene rings is 2. The number of methoxy groups -OCH3 is 1. The van der Waals surface area contributed by atoms with Crippen LogP contribution in [0.25, 0.3) is 5.57 Å². The summed E-state index contributed by atoms with van der Waals surface area (Å²) in [5.74, 6) is -0.807. The maximum Gasteiger partial charge on any atom is 0.314 e. The molecule has 0 bridgehead atoms. The molecule has 2 unspecified atom stereocenters. The number of hydrogen-bond donors (Lipinski definition) is 1. The molecule has 1 N–H and O–H groups in total. The predicted octanol–water partition coefficient (Wildman–Crippen LogP) is 4.12. The monoisotopic (exact) mass is 339 g/mol. The van der Waals surface area contributed by atoms with E-state index in [2.05, 4.69) is 5.32 Å². The molecule has 0 spiro atoms. The van der Waals surface area contributed by atoms with Crippen molar-refractivity contribution in [1.82, 2.24) is 5.32 Å². The minimum atomic E-state index is -0.794. The molecule has 4 heteroatoms. The molecule has 1 aliphatic rings. The second-order valence-corrected chi connectivity index (χ2v) is 6.65. The van der Waals surface area contributed by atoms with Crippen molar-refractivity contribution in [3.05, 3.63) is 77.2 Å². The molecular weight excluding hydrogens is 317 g/mol. The van der Waals surface area contributed by atoms with Crippen molar-refractivity contribution in [2.45, 2.75) is 19.8 Å². The molecule has 0 saturated carbocycles. The third kappa shape index (κ3) is 3.04. The Morgan fingerprint density at radius 2 is 1.80 bits per heavy atom. The second-order valence-electron chi connectivity index (χ2n) is 6.65. The van der Waals surface area contributed by atoms with E-state index in [-0.39, 0.29) is 17.7 Å². The highest BCUT2D eigenvalue weighted by Crippen LogP contribution is 2.49. The summed E-state index contributed by atoms with van der Waals surface area (Å²) in [6.07, 6.45) is 0. The van der Waals surface area contributed by atoms with Crippen molar-refractivity contribution < 1.29 is 13.9 Å². The van der Waals surface area contributed by atoms with Gasteiger partial charge < -0.3 is 10.1 Å². The first-order valence-corrected chi connectivity index (χ1v) is 8.31. The Hall–Kier alpha value is -2.62. The highest BCUT2D eigenvalue weighted by atomic mass is 19.1. The molecule has 0 aliphatic carbocycles. The van der Waals surface area contributed by atoms with Crippen molar-refractivity contribution in [1.29, 1.82) is 0 Å². The lowest BCUT2D eigenvalue weighted by Gasteiger charge is -2.42. The van der Waals surface area contributed by atoms with E-state index in [0.29, 0.717) is 6.54 Å². The summed E-state index contributed by atoms with van der Waals surface area (Å²) in [6.45, 7) is 4.37. The molecule has 1 heterocycles. The first kappa shape index (κ1) is 17.2. The molecule has 2 atom stereocenters. The topological polar surface area (TPSA) is 38.3 Å². The van der Waals surface area contributed by atoms with Gasteiger partial charge in [-0.2, -0.15) is 0 Å². The van der Waals surface area contributed by atoms with Crippen molar-refractivity contribution >= 4 is 11.5 Å². The summed E-state index contributed by atoms with van der Waals surface area (Å²) in [7, 11) is 1.41. The highest BCUT2D eigenvalue weighted by Gasteiger charge is 2.48. The molecule has 0 radical (unpaired) electrons. The summed E-state index contributed by atoms with van der Waals surface area (Å²) in [4.78, 5) is 12.7. The summed E-state index contributed by atoms with van der Waals surface area (Å²) >= 11 is 0. The fourth-order valence-corrected chi connectivity index (χ4v) is 3.66. The molecule has 130 valence electrons. The van der Waals surface area contributed by atoms with Gasteiger partial charge in [0, 0.05) is 18.2 Å². The molecule has 2 aromatic rings. The lowest BCUT2D eigenvalue weighted by molar-refractivity contribution is -0.152. The first-order chi connectivity index (χ1) is 12.0. The third-order valence-electron chi connectivity index (χ3n) is 4.99. The van der Waals surface area contributed by atoms with Crippen molar-refractivity contribution in [2.24, 2.45) is 5.41 Å². The van der Waals surface area contributed by atoms with Crippen LogP contribution in [-0.2, 0) is 9.53 Å². The van der Waals surface area contributed by atoms with Gasteiger partial charge in [0.2, 0.25) is 0 Å². The Labute approximate surface area is 147 Å². The van der Waals surface area contributed by atoms with Gasteiger partial charge in [0.15, 0.2) is 0 Å². The Morgan fingerprint density at radius 3 is 2.40 bits per heavy atom. The van der Waals surface area contributed by atoms with Gasteiger partial charge in [0.1, 0.15) is 5.82 Å². The average Bonchev–Trinajstić information content (AvgIpc) is 2.64. The number of nitrogens with one attached hydrogen (secondary N) is 1. The Bertz CT molecular complexity index is 798. The summed E-state index contributed by atoms with van der Waals surface area (Å²) in [5.41, 5.74) is 3.19. The van der Waals surface area contributed by atoms with Gasteiger partial charge in [-0.15, -0.1) is 0 Å². The largest absolute Gasteiger partial charge is 0.469 e. The zero-order valence-electron chi connectivity index (χ0n) is 14.7. The predicted molar refractivity (Wildman–Crippen MR) is 96.3 cm³/mol. The van der Waals surface area contributed by atoms with E-state index in [0.717, 1.165) is 22.4 Å². The molecule has 0 aromatic heterocycles. The molecule has 0 amide bonds. The van der Waals surface area contributed by atoms with Gasteiger partial charge in [0.25, 0.3) is 0 Å². The number of rotatable bonds is 3. The fourth-order valence-electron chi connectivity index (χ4n) is 3.66. The minimum absolute atomic E-state index is 0.232. The van der Waals surface area contributed by atoms with Crippen LogP contribution in [0.2, 0.25) is 0 Å². The molecular formula is C21H22FNO2. The van der Waals surface area contributed by atoms with Crippen molar-refractivity contribution in [2.75, 3.05) is 13.7 Å². The molecule has 3 nitrogen and oxygen atoms in total. The Balaban J connectivity index is 2.22. The van der Waals surface area contributed by atoms with E-state index in [1.807, 2.05) is 44.2 Å². The zero-order chi connectivity index (χ0) is 18.0. The lowest BCUT2D eigenvalue weighted by Crippen LogP contribution is -2.47. The molecule has 1 aliphatic heterocycles. The van der Waals surface area contributed by atoms with E-state index in [4.69, 9.17) is 4.74 Å². The van der Waals surface area contributed by atoms with E-state index in [1.54, 1.807) is 12.1 Å². The van der Waals surface area contributed by atoms with Gasteiger partial charge in [0.05, 0.1) is 12.5 Å². The van der Waals surface area contributed by atoms with Gasteiger partial charge >= 0.3 is 5.97 Å². The normalized spacial score (nSPS) is 23.1. The summed E-state index contributed by atoms with van der Waals surface area (Å²) in [6, 6.07) is 16.3. The summed E-state index contributed by atoms with van der Waals surface area (Å²) < 4.78 is 18.6. The van der Waals surface area contributed by atoms with Crippen LogP contribution in [0.1, 0.15) is 30.9 Å². The first-order valence-electron chi connectivity index (χ1n) is 8.31.